The van der Waals surface area contributed by atoms with Crippen LogP contribution in [0.15, 0.2) is 22.7 Å². The van der Waals surface area contributed by atoms with Crippen LogP contribution in [0.25, 0.3) is 0 Å². The molecule has 1 aromatic rings. The summed E-state index contributed by atoms with van der Waals surface area (Å²) >= 11 is 3.37. The molecule has 1 rings (SSSR count). The molecule has 0 aliphatic rings. The molecule has 0 aromatic heterocycles. The molecule has 1 aromatic carbocycles. The van der Waals surface area contributed by atoms with Gasteiger partial charge in [0, 0.05) is 10.2 Å². The second-order valence-corrected chi connectivity index (χ2v) is 4.43. The fourth-order valence-corrected chi connectivity index (χ4v) is 1.59. The van der Waals surface area contributed by atoms with Gasteiger partial charge in [-0.05, 0) is 31.5 Å². The van der Waals surface area contributed by atoms with Crippen molar-refractivity contribution in [3.63, 3.8) is 0 Å². The van der Waals surface area contributed by atoms with Gasteiger partial charge in [-0.2, -0.15) is 0 Å². The number of benzene rings is 1. The van der Waals surface area contributed by atoms with Crippen molar-refractivity contribution in [3.05, 3.63) is 28.2 Å². The van der Waals surface area contributed by atoms with Gasteiger partial charge in [-0.15, -0.1) is 0 Å². The number of carbonyl (C=O) groups excluding carboxylic acids is 2. The number of hydrogen-bond donors (Lipinski definition) is 2. The average Bonchev–Trinajstić information content (AvgIpc) is 2.32. The molecule has 2 N–H and O–H groups in total. The minimum atomic E-state index is -0.460. The molecular weight excluding hydrogens is 300 g/mol. The summed E-state index contributed by atoms with van der Waals surface area (Å²) in [4.78, 5) is 22.5. The summed E-state index contributed by atoms with van der Waals surface area (Å²) in [6.45, 7) is 3.82. The van der Waals surface area contributed by atoms with E-state index in [2.05, 4.69) is 31.3 Å². The number of rotatable bonds is 4. The van der Waals surface area contributed by atoms with Crippen molar-refractivity contribution in [1.82, 2.24) is 5.32 Å². The zero-order chi connectivity index (χ0) is 13.5. The van der Waals surface area contributed by atoms with Gasteiger partial charge >= 0.3 is 12.0 Å². The topological polar surface area (TPSA) is 67.4 Å². The highest BCUT2D eigenvalue weighted by atomic mass is 79.9. The lowest BCUT2D eigenvalue weighted by molar-refractivity contribution is -0.141. The standard InChI is InChI=1S/C12H15BrN2O3/c1-3-18-11(16)7-14-12(17)15-9-5-4-8(2)10(13)6-9/h4-6H,3,7H2,1-2H3,(H2,14,15,17). The molecule has 0 bridgehead atoms. The summed E-state index contributed by atoms with van der Waals surface area (Å²) in [6, 6.07) is 5.01. The van der Waals surface area contributed by atoms with Crippen molar-refractivity contribution < 1.29 is 14.3 Å². The Morgan fingerprint density at radius 3 is 2.72 bits per heavy atom. The molecule has 0 fully saturated rings. The molecule has 0 unspecified atom stereocenters. The molecule has 0 spiro atoms. The Balaban J connectivity index is 2.44. The molecule has 2 amide bonds. The van der Waals surface area contributed by atoms with Crippen LogP contribution in [-0.2, 0) is 9.53 Å². The lowest BCUT2D eigenvalue weighted by Crippen LogP contribution is -2.34. The Morgan fingerprint density at radius 2 is 2.11 bits per heavy atom. The zero-order valence-electron chi connectivity index (χ0n) is 10.2. The molecule has 0 saturated carbocycles. The molecule has 0 aliphatic carbocycles. The Morgan fingerprint density at radius 1 is 1.39 bits per heavy atom. The highest BCUT2D eigenvalue weighted by Crippen LogP contribution is 2.20. The van der Waals surface area contributed by atoms with Crippen molar-refractivity contribution in [2.45, 2.75) is 13.8 Å². The molecule has 0 saturated heterocycles. The van der Waals surface area contributed by atoms with E-state index in [0.29, 0.717) is 12.3 Å². The van der Waals surface area contributed by atoms with Crippen molar-refractivity contribution in [3.8, 4) is 0 Å². The third-order valence-electron chi connectivity index (χ3n) is 2.13. The van der Waals surface area contributed by atoms with E-state index in [9.17, 15) is 9.59 Å². The van der Waals surface area contributed by atoms with Gasteiger partial charge in [-0.3, -0.25) is 4.79 Å². The fourth-order valence-electron chi connectivity index (χ4n) is 1.21. The van der Waals surface area contributed by atoms with Gasteiger partial charge in [-0.1, -0.05) is 22.0 Å². The third-order valence-corrected chi connectivity index (χ3v) is 2.98. The molecule has 0 atom stereocenters. The van der Waals surface area contributed by atoms with E-state index in [1.54, 1.807) is 19.1 Å². The Labute approximate surface area is 114 Å². The number of amides is 2. The van der Waals surface area contributed by atoms with E-state index in [1.807, 2.05) is 13.0 Å². The lowest BCUT2D eigenvalue weighted by Gasteiger charge is -2.08. The van der Waals surface area contributed by atoms with Crippen molar-refractivity contribution in [1.29, 1.82) is 0 Å². The van der Waals surface area contributed by atoms with Crippen LogP contribution in [0.4, 0.5) is 10.5 Å². The summed E-state index contributed by atoms with van der Waals surface area (Å²) in [5, 5.41) is 5.03. The summed E-state index contributed by atoms with van der Waals surface area (Å²) in [6.07, 6.45) is 0. The summed E-state index contributed by atoms with van der Waals surface area (Å²) in [7, 11) is 0. The van der Waals surface area contributed by atoms with Crippen LogP contribution in [0, 0.1) is 6.92 Å². The number of nitrogens with one attached hydrogen (secondary N) is 2. The first-order valence-corrected chi connectivity index (χ1v) is 6.29. The highest BCUT2D eigenvalue weighted by molar-refractivity contribution is 9.10. The number of halogens is 1. The van der Waals surface area contributed by atoms with Gasteiger partial charge in [0.25, 0.3) is 0 Å². The number of hydrogen-bond acceptors (Lipinski definition) is 3. The van der Waals surface area contributed by atoms with Gasteiger partial charge in [0.1, 0.15) is 6.54 Å². The average molecular weight is 315 g/mol. The highest BCUT2D eigenvalue weighted by Gasteiger charge is 2.06. The zero-order valence-corrected chi connectivity index (χ0v) is 11.8. The van der Waals surface area contributed by atoms with E-state index in [-0.39, 0.29) is 6.54 Å². The second kappa shape index (κ2) is 7.00. The minimum absolute atomic E-state index is 0.146. The van der Waals surface area contributed by atoms with Crippen molar-refractivity contribution in [2.24, 2.45) is 0 Å². The summed E-state index contributed by atoms with van der Waals surface area (Å²) in [5.41, 5.74) is 1.72. The predicted molar refractivity (Wildman–Crippen MR) is 72.5 cm³/mol. The second-order valence-electron chi connectivity index (χ2n) is 3.58. The van der Waals surface area contributed by atoms with Crippen LogP contribution in [-0.4, -0.2) is 25.2 Å². The molecule has 0 aliphatic heterocycles. The van der Waals surface area contributed by atoms with Gasteiger partial charge in [0.15, 0.2) is 0 Å². The van der Waals surface area contributed by atoms with Gasteiger partial charge in [0.05, 0.1) is 6.61 Å². The molecule has 18 heavy (non-hydrogen) atoms. The molecule has 5 nitrogen and oxygen atoms in total. The van der Waals surface area contributed by atoms with E-state index in [0.717, 1.165) is 10.0 Å². The lowest BCUT2D eigenvalue weighted by atomic mass is 10.2. The first-order valence-electron chi connectivity index (χ1n) is 5.49. The fraction of sp³-hybridized carbons (Fsp3) is 0.333. The first kappa shape index (κ1) is 14.5. The number of ether oxygens (including phenoxy) is 1. The molecule has 6 heteroatoms. The number of anilines is 1. The number of esters is 1. The van der Waals surface area contributed by atoms with Crippen molar-refractivity contribution >= 4 is 33.6 Å². The quantitative estimate of drug-likeness (QED) is 0.839. The normalized spacial score (nSPS) is 9.72. The first-order chi connectivity index (χ1) is 8.52. The van der Waals surface area contributed by atoms with Crippen LogP contribution < -0.4 is 10.6 Å². The smallest absolute Gasteiger partial charge is 0.325 e. The summed E-state index contributed by atoms with van der Waals surface area (Å²) in [5.74, 6) is -0.460. The number of aryl methyl sites for hydroxylation is 1. The van der Waals surface area contributed by atoms with E-state index in [1.165, 1.54) is 0 Å². The SMILES string of the molecule is CCOC(=O)CNC(=O)Nc1ccc(C)c(Br)c1. The minimum Gasteiger partial charge on any atom is -0.465 e. The monoisotopic (exact) mass is 314 g/mol. The Kier molecular flexibility index (Phi) is 5.64. The van der Waals surface area contributed by atoms with Crippen LogP contribution in [0.5, 0.6) is 0 Å². The van der Waals surface area contributed by atoms with E-state index >= 15 is 0 Å². The van der Waals surface area contributed by atoms with Crippen molar-refractivity contribution in [2.75, 3.05) is 18.5 Å². The number of urea groups is 1. The van der Waals surface area contributed by atoms with Crippen LogP contribution >= 0.6 is 15.9 Å². The van der Waals surface area contributed by atoms with Crippen LogP contribution in [0.1, 0.15) is 12.5 Å². The maximum absolute atomic E-state index is 11.5. The molecule has 0 radical (unpaired) electrons. The van der Waals surface area contributed by atoms with Crippen LogP contribution in [0.2, 0.25) is 0 Å². The van der Waals surface area contributed by atoms with Crippen LogP contribution in [0.3, 0.4) is 0 Å². The van der Waals surface area contributed by atoms with E-state index in [4.69, 9.17) is 0 Å². The van der Waals surface area contributed by atoms with Gasteiger partial charge in [-0.25, -0.2) is 4.79 Å². The maximum atomic E-state index is 11.5. The summed E-state index contributed by atoms with van der Waals surface area (Å²) < 4.78 is 5.60. The molecule has 98 valence electrons. The molecule has 0 heterocycles. The van der Waals surface area contributed by atoms with E-state index < -0.39 is 12.0 Å². The Bertz CT molecular complexity index is 449. The largest absolute Gasteiger partial charge is 0.465 e. The number of carbonyl (C=O) groups is 2. The Hall–Kier alpha value is -1.56. The van der Waals surface area contributed by atoms with Gasteiger partial charge < -0.3 is 15.4 Å². The maximum Gasteiger partial charge on any atom is 0.325 e. The molecular formula is C12H15BrN2O3. The predicted octanol–water partition coefficient (Wildman–Crippen LogP) is 2.44. The van der Waals surface area contributed by atoms with Gasteiger partial charge in [0.2, 0.25) is 0 Å². The third kappa shape index (κ3) is 4.75.